The molecular formula is C22H29N3O2. The van der Waals surface area contributed by atoms with E-state index in [-0.39, 0.29) is 12.0 Å². The summed E-state index contributed by atoms with van der Waals surface area (Å²) in [6, 6.07) is 7.77. The summed E-state index contributed by atoms with van der Waals surface area (Å²) >= 11 is 0. The highest BCUT2D eigenvalue weighted by Crippen LogP contribution is 2.23. The Morgan fingerprint density at radius 3 is 2.63 bits per heavy atom. The molecule has 0 spiro atoms. The van der Waals surface area contributed by atoms with E-state index >= 15 is 0 Å². The van der Waals surface area contributed by atoms with Crippen LogP contribution >= 0.6 is 0 Å². The van der Waals surface area contributed by atoms with Gasteiger partial charge in [0.2, 0.25) is 0 Å². The van der Waals surface area contributed by atoms with Gasteiger partial charge >= 0.3 is 0 Å². The minimum Gasteiger partial charge on any atom is -0.376 e. The van der Waals surface area contributed by atoms with Crippen LogP contribution in [0.15, 0.2) is 30.5 Å². The first-order chi connectivity index (χ1) is 13.1. The van der Waals surface area contributed by atoms with E-state index in [0.29, 0.717) is 18.7 Å². The first-order valence-electron chi connectivity index (χ1n) is 9.96. The molecule has 1 aromatic carbocycles. The quantitative estimate of drug-likeness (QED) is 0.773. The molecule has 0 saturated carbocycles. The molecule has 1 aromatic heterocycles. The van der Waals surface area contributed by atoms with Crippen molar-refractivity contribution in [1.29, 1.82) is 0 Å². The lowest BCUT2D eigenvalue weighted by molar-refractivity contribution is -0.00311. The van der Waals surface area contributed by atoms with Crippen LogP contribution in [0.4, 0.5) is 0 Å². The number of hydrogen-bond donors (Lipinski definition) is 0. The Kier molecular flexibility index (Phi) is 6.56. The molecule has 2 heterocycles. The van der Waals surface area contributed by atoms with Crippen LogP contribution in [0.25, 0.3) is 11.3 Å². The highest BCUT2D eigenvalue weighted by molar-refractivity contribution is 5.94. The van der Waals surface area contributed by atoms with E-state index in [0.717, 1.165) is 48.5 Å². The lowest BCUT2D eigenvalue weighted by atomic mass is 10.0. The predicted molar refractivity (Wildman–Crippen MR) is 107 cm³/mol. The highest BCUT2D eigenvalue weighted by atomic mass is 16.5. The van der Waals surface area contributed by atoms with E-state index < -0.39 is 0 Å². The number of likely N-dealkylation sites (N-methyl/N-ethyl adjacent to an activating group) is 1. The molecule has 2 aromatic rings. The zero-order valence-electron chi connectivity index (χ0n) is 16.6. The number of aryl methyl sites for hydroxylation is 2. The van der Waals surface area contributed by atoms with E-state index in [9.17, 15) is 4.79 Å². The predicted octanol–water partition coefficient (Wildman–Crippen LogP) is 4.05. The molecule has 0 bridgehead atoms. The van der Waals surface area contributed by atoms with Crippen LogP contribution in [0.3, 0.4) is 0 Å². The normalized spacial score (nSPS) is 16.9. The lowest BCUT2D eigenvalue weighted by Gasteiger charge is -2.29. The van der Waals surface area contributed by atoms with E-state index in [1.54, 1.807) is 0 Å². The van der Waals surface area contributed by atoms with Gasteiger partial charge in [-0.15, -0.1) is 0 Å². The number of rotatable bonds is 6. The van der Waals surface area contributed by atoms with Crippen molar-refractivity contribution < 1.29 is 9.53 Å². The van der Waals surface area contributed by atoms with Gasteiger partial charge < -0.3 is 9.64 Å². The molecule has 0 aliphatic carbocycles. The molecule has 1 amide bonds. The number of ether oxygens (including phenoxy) is 1. The lowest BCUT2D eigenvalue weighted by Crippen LogP contribution is -2.39. The second-order valence-electron chi connectivity index (χ2n) is 7.05. The third kappa shape index (κ3) is 4.72. The zero-order chi connectivity index (χ0) is 19.2. The van der Waals surface area contributed by atoms with Crippen molar-refractivity contribution in [3.05, 3.63) is 47.4 Å². The first kappa shape index (κ1) is 19.5. The van der Waals surface area contributed by atoms with Crippen molar-refractivity contribution in [1.82, 2.24) is 14.9 Å². The number of aromatic nitrogens is 2. The third-order valence-corrected chi connectivity index (χ3v) is 5.14. The molecule has 27 heavy (non-hydrogen) atoms. The Morgan fingerprint density at radius 1 is 1.22 bits per heavy atom. The van der Waals surface area contributed by atoms with Gasteiger partial charge in [0.1, 0.15) is 5.82 Å². The van der Waals surface area contributed by atoms with Crippen LogP contribution in [0.2, 0.25) is 0 Å². The van der Waals surface area contributed by atoms with Gasteiger partial charge in [-0.25, -0.2) is 9.97 Å². The monoisotopic (exact) mass is 367 g/mol. The summed E-state index contributed by atoms with van der Waals surface area (Å²) in [5.74, 6) is 0.819. The molecule has 0 N–H and O–H groups in total. The average molecular weight is 367 g/mol. The van der Waals surface area contributed by atoms with Gasteiger partial charge in [-0.3, -0.25) is 4.79 Å². The fourth-order valence-electron chi connectivity index (χ4n) is 3.51. The first-order valence-corrected chi connectivity index (χ1v) is 9.96. The van der Waals surface area contributed by atoms with Crippen molar-refractivity contribution >= 4 is 5.91 Å². The molecule has 1 aliphatic rings. The SMILES string of the molecule is CCc1cnc(C)nc1-c1ccc(C(=O)N(CC)CC2CCCCO2)cc1. The van der Waals surface area contributed by atoms with E-state index in [1.165, 1.54) is 6.42 Å². The van der Waals surface area contributed by atoms with Gasteiger partial charge in [0.15, 0.2) is 0 Å². The number of hydrogen-bond acceptors (Lipinski definition) is 4. The second-order valence-corrected chi connectivity index (χ2v) is 7.05. The number of carbonyl (C=O) groups is 1. The molecular weight excluding hydrogens is 338 g/mol. The molecule has 5 heteroatoms. The standard InChI is InChI=1S/C22H29N3O2/c1-4-17-14-23-16(3)24-21(17)18-9-11-19(12-10-18)22(26)25(5-2)15-20-8-6-7-13-27-20/h9-12,14,20H,4-8,13,15H2,1-3H3. The molecule has 1 saturated heterocycles. The maximum absolute atomic E-state index is 12.9. The smallest absolute Gasteiger partial charge is 0.253 e. The molecule has 5 nitrogen and oxygen atoms in total. The van der Waals surface area contributed by atoms with Crippen molar-refractivity contribution in [3.8, 4) is 11.3 Å². The van der Waals surface area contributed by atoms with Gasteiger partial charge in [0, 0.05) is 37.0 Å². The molecule has 1 atom stereocenters. The van der Waals surface area contributed by atoms with Crippen molar-refractivity contribution in [3.63, 3.8) is 0 Å². The average Bonchev–Trinajstić information content (AvgIpc) is 2.72. The number of amides is 1. The van der Waals surface area contributed by atoms with E-state index in [4.69, 9.17) is 4.74 Å². The van der Waals surface area contributed by atoms with Crippen LogP contribution in [0, 0.1) is 6.92 Å². The fraction of sp³-hybridized carbons (Fsp3) is 0.500. The fourth-order valence-corrected chi connectivity index (χ4v) is 3.51. The summed E-state index contributed by atoms with van der Waals surface area (Å²) in [4.78, 5) is 23.7. The molecule has 144 valence electrons. The number of carbonyl (C=O) groups excluding carboxylic acids is 1. The van der Waals surface area contributed by atoms with Gasteiger partial charge in [0.25, 0.3) is 5.91 Å². The molecule has 1 fully saturated rings. The minimum absolute atomic E-state index is 0.0628. The Labute approximate surface area is 161 Å². The van der Waals surface area contributed by atoms with Crippen LogP contribution in [0.5, 0.6) is 0 Å². The van der Waals surface area contributed by atoms with Crippen LogP contribution < -0.4 is 0 Å². The maximum Gasteiger partial charge on any atom is 0.253 e. The van der Waals surface area contributed by atoms with Gasteiger partial charge in [-0.1, -0.05) is 19.1 Å². The molecule has 3 rings (SSSR count). The van der Waals surface area contributed by atoms with Crippen LogP contribution in [0.1, 0.15) is 54.9 Å². The molecule has 1 aliphatic heterocycles. The number of nitrogens with zero attached hydrogens (tertiary/aromatic N) is 3. The zero-order valence-corrected chi connectivity index (χ0v) is 16.6. The van der Waals surface area contributed by atoms with Gasteiger partial charge in [0.05, 0.1) is 11.8 Å². The Morgan fingerprint density at radius 2 is 2.00 bits per heavy atom. The summed E-state index contributed by atoms with van der Waals surface area (Å²) in [6.07, 6.45) is 6.28. The summed E-state index contributed by atoms with van der Waals surface area (Å²) < 4.78 is 5.80. The van der Waals surface area contributed by atoms with E-state index in [2.05, 4.69) is 16.9 Å². The Hall–Kier alpha value is -2.27. The van der Waals surface area contributed by atoms with Gasteiger partial charge in [-0.05, 0) is 57.2 Å². The Balaban J connectivity index is 1.75. The largest absolute Gasteiger partial charge is 0.376 e. The summed E-state index contributed by atoms with van der Waals surface area (Å²) in [5, 5.41) is 0. The second kappa shape index (κ2) is 9.09. The van der Waals surface area contributed by atoms with Crippen LogP contribution in [-0.2, 0) is 11.2 Å². The highest BCUT2D eigenvalue weighted by Gasteiger charge is 2.21. The number of benzene rings is 1. The minimum atomic E-state index is 0.0628. The third-order valence-electron chi connectivity index (χ3n) is 5.14. The van der Waals surface area contributed by atoms with Gasteiger partial charge in [-0.2, -0.15) is 0 Å². The summed E-state index contributed by atoms with van der Waals surface area (Å²) in [7, 11) is 0. The van der Waals surface area contributed by atoms with Crippen molar-refractivity contribution in [2.45, 2.75) is 52.6 Å². The Bertz CT molecular complexity index is 768. The summed E-state index contributed by atoms with van der Waals surface area (Å²) in [6.45, 7) is 8.18. The topological polar surface area (TPSA) is 55.3 Å². The molecule has 0 radical (unpaired) electrons. The maximum atomic E-state index is 12.9. The summed E-state index contributed by atoms with van der Waals surface area (Å²) in [5.41, 5.74) is 3.80. The van der Waals surface area contributed by atoms with Crippen molar-refractivity contribution in [2.75, 3.05) is 19.7 Å². The molecule has 1 unspecified atom stereocenters. The van der Waals surface area contributed by atoms with Crippen molar-refractivity contribution in [2.24, 2.45) is 0 Å². The van der Waals surface area contributed by atoms with E-state index in [1.807, 2.05) is 49.2 Å². The van der Waals surface area contributed by atoms with Crippen LogP contribution in [-0.4, -0.2) is 46.6 Å².